The number of carbonyl (C=O) groups excluding carboxylic acids is 1. The van der Waals surface area contributed by atoms with Crippen molar-refractivity contribution in [3.8, 4) is 11.5 Å². The van der Waals surface area contributed by atoms with Crippen LogP contribution in [0.25, 0.3) is 0 Å². The molecule has 29 heavy (non-hydrogen) atoms. The van der Waals surface area contributed by atoms with E-state index in [4.69, 9.17) is 9.47 Å². The van der Waals surface area contributed by atoms with Crippen molar-refractivity contribution < 1.29 is 19.2 Å². The smallest absolute Gasteiger partial charge is 0.278 e. The Hall–Kier alpha value is -2.18. The van der Waals surface area contributed by atoms with Crippen LogP contribution < -0.4 is 14.4 Å². The Morgan fingerprint density at radius 2 is 1.93 bits per heavy atom. The summed E-state index contributed by atoms with van der Waals surface area (Å²) in [6, 6.07) is 14.4. The minimum absolute atomic E-state index is 0.0428. The third-order valence-electron chi connectivity index (χ3n) is 5.49. The molecule has 1 aliphatic heterocycles. The number of quaternary nitrogens is 1. The number of benzene rings is 2. The summed E-state index contributed by atoms with van der Waals surface area (Å²) in [7, 11) is 5.41. The van der Waals surface area contributed by atoms with Gasteiger partial charge < -0.3 is 19.3 Å². The van der Waals surface area contributed by atoms with Gasteiger partial charge in [0.15, 0.2) is 6.54 Å². The largest absolute Gasteiger partial charge is 0.497 e. The maximum Gasteiger partial charge on any atom is 0.278 e. The highest BCUT2D eigenvalue weighted by atomic mass is 32.2. The summed E-state index contributed by atoms with van der Waals surface area (Å²) >= 11 is 1.74. The molecule has 1 saturated heterocycles. The summed E-state index contributed by atoms with van der Waals surface area (Å²) in [4.78, 5) is 17.6. The molecule has 2 aromatic rings. The van der Waals surface area contributed by atoms with Gasteiger partial charge in [0, 0.05) is 22.6 Å². The molecule has 1 fully saturated rings. The number of thioether (sulfide) groups is 1. The predicted octanol–water partition coefficient (Wildman–Crippen LogP) is 2.80. The molecule has 1 heterocycles. The molecule has 1 unspecified atom stereocenters. The average molecular weight is 416 g/mol. The number of methoxy groups -OCH3 is 2. The normalized spacial score (nSPS) is 17.2. The summed E-state index contributed by atoms with van der Waals surface area (Å²) < 4.78 is 11.0. The van der Waals surface area contributed by atoms with Gasteiger partial charge in [-0.05, 0) is 49.4 Å². The third-order valence-corrected chi connectivity index (χ3v) is 6.23. The van der Waals surface area contributed by atoms with Crippen LogP contribution in [-0.2, 0) is 11.3 Å². The Labute approximate surface area is 178 Å². The van der Waals surface area contributed by atoms with E-state index >= 15 is 0 Å². The van der Waals surface area contributed by atoms with Gasteiger partial charge in [0.1, 0.15) is 18.0 Å². The highest BCUT2D eigenvalue weighted by Gasteiger charge is 2.33. The molecule has 6 heteroatoms. The number of hydrogen-bond acceptors (Lipinski definition) is 4. The zero-order valence-electron chi connectivity index (χ0n) is 17.7. The van der Waals surface area contributed by atoms with E-state index in [1.165, 1.54) is 15.4 Å². The zero-order valence-corrected chi connectivity index (χ0v) is 18.6. The Bertz CT molecular complexity index is 825. The minimum atomic E-state index is 0.0428. The monoisotopic (exact) mass is 415 g/mol. The molecule has 2 atom stereocenters. The first-order valence-corrected chi connectivity index (χ1v) is 11.2. The Morgan fingerprint density at radius 3 is 2.59 bits per heavy atom. The number of carbonyl (C=O) groups is 1. The molecule has 156 valence electrons. The summed E-state index contributed by atoms with van der Waals surface area (Å²) in [5.41, 5.74) is 2.28. The van der Waals surface area contributed by atoms with E-state index in [0.717, 1.165) is 43.0 Å². The van der Waals surface area contributed by atoms with Gasteiger partial charge in [-0.2, -0.15) is 0 Å². The van der Waals surface area contributed by atoms with E-state index < -0.39 is 0 Å². The predicted molar refractivity (Wildman–Crippen MR) is 117 cm³/mol. The highest BCUT2D eigenvalue weighted by molar-refractivity contribution is 7.98. The number of nitrogens with zero attached hydrogens (tertiary/aromatic N) is 1. The lowest BCUT2D eigenvalue weighted by atomic mass is 10.0. The number of amides is 1. The average Bonchev–Trinajstić information content (AvgIpc) is 3.23. The van der Waals surface area contributed by atoms with Crippen LogP contribution in [0.2, 0.25) is 0 Å². The van der Waals surface area contributed by atoms with Crippen LogP contribution in [0.1, 0.15) is 30.0 Å². The van der Waals surface area contributed by atoms with Crippen molar-refractivity contribution >= 4 is 17.7 Å². The molecule has 5 nitrogen and oxygen atoms in total. The van der Waals surface area contributed by atoms with Crippen molar-refractivity contribution in [1.82, 2.24) is 4.90 Å². The third kappa shape index (κ3) is 5.25. The molecule has 0 aliphatic carbocycles. The molecule has 0 spiro atoms. The summed E-state index contributed by atoms with van der Waals surface area (Å²) in [6.07, 6.45) is 4.03. The zero-order chi connectivity index (χ0) is 20.8. The van der Waals surface area contributed by atoms with Gasteiger partial charge in [-0.15, -0.1) is 11.8 Å². The van der Waals surface area contributed by atoms with Crippen LogP contribution >= 0.6 is 11.8 Å². The fourth-order valence-electron chi connectivity index (χ4n) is 4.00. The standard InChI is InChI=1S/C23H30N2O3S/c1-24(15-17-7-10-19(29-4)11-8-17)16-23(26)25-13-5-6-21(25)20-14-18(27-2)9-12-22(20)28-3/h7-12,14,21H,5-6,13,15-16H2,1-4H3/p+1/t21-/m1/s1. The first-order valence-electron chi connectivity index (χ1n) is 10.0. The Balaban J connectivity index is 1.68. The lowest BCUT2D eigenvalue weighted by Gasteiger charge is -2.27. The fourth-order valence-corrected chi connectivity index (χ4v) is 4.41. The van der Waals surface area contributed by atoms with E-state index in [-0.39, 0.29) is 11.9 Å². The summed E-state index contributed by atoms with van der Waals surface area (Å²) in [5.74, 6) is 1.79. The number of likely N-dealkylation sites (tertiary alicyclic amines) is 1. The van der Waals surface area contributed by atoms with Gasteiger partial charge in [-0.25, -0.2) is 0 Å². The number of rotatable bonds is 8. The topological polar surface area (TPSA) is 43.2 Å². The van der Waals surface area contributed by atoms with Crippen LogP contribution in [-0.4, -0.2) is 51.4 Å². The molecule has 2 aromatic carbocycles. The number of nitrogens with one attached hydrogen (secondary N) is 1. The maximum atomic E-state index is 13.1. The first kappa shape index (κ1) is 21.5. The first-order chi connectivity index (χ1) is 14.0. The molecule has 0 aromatic heterocycles. The van der Waals surface area contributed by atoms with Gasteiger partial charge in [0.2, 0.25) is 0 Å². The second-order valence-electron chi connectivity index (χ2n) is 7.51. The van der Waals surface area contributed by atoms with E-state index in [0.29, 0.717) is 6.54 Å². The van der Waals surface area contributed by atoms with E-state index in [2.05, 4.69) is 37.6 Å². The lowest BCUT2D eigenvalue weighted by Crippen LogP contribution is -3.08. The van der Waals surface area contributed by atoms with Crippen LogP contribution in [0.5, 0.6) is 11.5 Å². The van der Waals surface area contributed by atoms with Crippen LogP contribution in [0.4, 0.5) is 0 Å². The van der Waals surface area contributed by atoms with Crippen molar-refractivity contribution in [2.45, 2.75) is 30.3 Å². The molecular formula is C23H31N2O3S+. The minimum Gasteiger partial charge on any atom is -0.497 e. The molecule has 3 rings (SSSR count). The quantitative estimate of drug-likeness (QED) is 0.674. The summed E-state index contributed by atoms with van der Waals surface area (Å²) in [6.45, 7) is 2.11. The lowest BCUT2D eigenvalue weighted by molar-refractivity contribution is -0.885. The van der Waals surface area contributed by atoms with E-state index in [1.807, 2.05) is 23.1 Å². The second kappa shape index (κ2) is 10.0. The van der Waals surface area contributed by atoms with E-state index in [9.17, 15) is 4.79 Å². The molecule has 0 radical (unpaired) electrons. The van der Waals surface area contributed by atoms with Gasteiger partial charge in [0.05, 0.1) is 27.3 Å². The number of ether oxygens (including phenoxy) is 2. The van der Waals surface area contributed by atoms with Crippen molar-refractivity contribution in [2.24, 2.45) is 0 Å². The molecule has 0 bridgehead atoms. The van der Waals surface area contributed by atoms with Crippen molar-refractivity contribution in [2.75, 3.05) is 40.6 Å². The van der Waals surface area contributed by atoms with E-state index in [1.54, 1.807) is 26.0 Å². The van der Waals surface area contributed by atoms with Crippen molar-refractivity contribution in [3.05, 3.63) is 53.6 Å². The SMILES string of the molecule is COc1ccc(OC)c([C@H]2CCCN2C(=O)C[NH+](C)Cc2ccc(SC)cc2)c1. The number of likely N-dealkylation sites (N-methyl/N-ethyl adjacent to an activating group) is 1. The molecule has 0 saturated carbocycles. The molecular weight excluding hydrogens is 384 g/mol. The van der Waals surface area contributed by atoms with Crippen LogP contribution in [0, 0.1) is 0 Å². The van der Waals surface area contributed by atoms with Gasteiger partial charge in [0.25, 0.3) is 5.91 Å². The highest BCUT2D eigenvalue weighted by Crippen LogP contribution is 2.38. The van der Waals surface area contributed by atoms with Crippen molar-refractivity contribution in [1.29, 1.82) is 0 Å². The maximum absolute atomic E-state index is 13.1. The van der Waals surface area contributed by atoms with Crippen LogP contribution in [0.15, 0.2) is 47.4 Å². The van der Waals surface area contributed by atoms with Gasteiger partial charge >= 0.3 is 0 Å². The molecule has 1 aliphatic rings. The second-order valence-corrected chi connectivity index (χ2v) is 8.39. The van der Waals surface area contributed by atoms with Gasteiger partial charge in [-0.1, -0.05) is 12.1 Å². The van der Waals surface area contributed by atoms with Gasteiger partial charge in [-0.3, -0.25) is 4.79 Å². The summed E-state index contributed by atoms with van der Waals surface area (Å²) in [5, 5.41) is 0. The van der Waals surface area contributed by atoms with Crippen LogP contribution in [0.3, 0.4) is 0 Å². The Morgan fingerprint density at radius 1 is 1.17 bits per heavy atom. The molecule has 1 amide bonds. The fraction of sp³-hybridized carbons (Fsp3) is 0.435. The Kier molecular flexibility index (Phi) is 7.45. The number of hydrogen-bond donors (Lipinski definition) is 1. The van der Waals surface area contributed by atoms with Crippen molar-refractivity contribution in [3.63, 3.8) is 0 Å². The molecule has 1 N–H and O–H groups in total.